The van der Waals surface area contributed by atoms with Crippen LogP contribution in [0.2, 0.25) is 0 Å². The Bertz CT molecular complexity index is 146. The lowest BCUT2D eigenvalue weighted by Gasteiger charge is -2.26. The van der Waals surface area contributed by atoms with Crippen molar-refractivity contribution in [3.05, 3.63) is 12.5 Å². The van der Waals surface area contributed by atoms with Gasteiger partial charge in [0.1, 0.15) is 12.5 Å². The molecule has 0 spiro atoms. The van der Waals surface area contributed by atoms with Crippen LogP contribution < -0.4 is 5.32 Å². The second-order valence-corrected chi connectivity index (χ2v) is 3.31. The number of hydrogen-bond acceptors (Lipinski definition) is 3. The van der Waals surface area contributed by atoms with Crippen molar-refractivity contribution in [3.63, 3.8) is 0 Å². The third-order valence-electron chi connectivity index (χ3n) is 1.87. The third-order valence-corrected chi connectivity index (χ3v) is 1.87. The van der Waals surface area contributed by atoms with E-state index in [0.717, 1.165) is 6.42 Å². The summed E-state index contributed by atoms with van der Waals surface area (Å²) in [6.07, 6.45) is 3.89. The Morgan fingerprint density at radius 1 is 1.36 bits per heavy atom. The highest BCUT2D eigenvalue weighted by Gasteiger charge is 2.24. The average Bonchev–Trinajstić information content (AvgIpc) is 2.39. The standard InChI is InChI=1S/C8H15NO2/c1-8(2,9-3)6-7-10-4-5-11-7/h4-5,7,9H,6H2,1-3H3. The van der Waals surface area contributed by atoms with Gasteiger partial charge in [-0.15, -0.1) is 0 Å². The zero-order chi connectivity index (χ0) is 8.32. The van der Waals surface area contributed by atoms with Crippen LogP contribution in [0, 0.1) is 0 Å². The van der Waals surface area contributed by atoms with E-state index in [1.54, 1.807) is 12.5 Å². The molecule has 1 aliphatic heterocycles. The molecule has 1 heterocycles. The van der Waals surface area contributed by atoms with Crippen molar-refractivity contribution in [3.8, 4) is 0 Å². The fourth-order valence-electron chi connectivity index (χ4n) is 0.886. The quantitative estimate of drug-likeness (QED) is 0.668. The number of hydrogen-bond donors (Lipinski definition) is 1. The Balaban J connectivity index is 2.30. The molecule has 0 atom stereocenters. The van der Waals surface area contributed by atoms with Gasteiger partial charge >= 0.3 is 0 Å². The molecule has 0 saturated heterocycles. The van der Waals surface area contributed by atoms with Gasteiger partial charge in [0.15, 0.2) is 0 Å². The van der Waals surface area contributed by atoms with Crippen LogP contribution in [0.25, 0.3) is 0 Å². The lowest BCUT2D eigenvalue weighted by molar-refractivity contribution is -0.0426. The summed E-state index contributed by atoms with van der Waals surface area (Å²) in [6, 6.07) is 0. The van der Waals surface area contributed by atoms with Crippen molar-refractivity contribution in [1.29, 1.82) is 0 Å². The van der Waals surface area contributed by atoms with Crippen LogP contribution in [-0.4, -0.2) is 18.9 Å². The molecule has 0 aliphatic carbocycles. The molecule has 0 fully saturated rings. The van der Waals surface area contributed by atoms with Gasteiger partial charge in [-0.1, -0.05) is 0 Å². The second-order valence-electron chi connectivity index (χ2n) is 3.31. The van der Waals surface area contributed by atoms with Gasteiger partial charge in [0.2, 0.25) is 6.29 Å². The maximum Gasteiger partial charge on any atom is 0.241 e. The normalized spacial score (nSPS) is 18.1. The van der Waals surface area contributed by atoms with E-state index in [1.165, 1.54) is 0 Å². The van der Waals surface area contributed by atoms with E-state index in [2.05, 4.69) is 19.2 Å². The van der Waals surface area contributed by atoms with Gasteiger partial charge in [0, 0.05) is 12.0 Å². The van der Waals surface area contributed by atoms with Gasteiger partial charge in [-0.3, -0.25) is 0 Å². The van der Waals surface area contributed by atoms with Crippen molar-refractivity contribution in [2.24, 2.45) is 0 Å². The highest BCUT2D eigenvalue weighted by atomic mass is 16.7. The summed E-state index contributed by atoms with van der Waals surface area (Å²) in [5, 5.41) is 3.18. The molecule has 3 nitrogen and oxygen atoms in total. The molecule has 64 valence electrons. The topological polar surface area (TPSA) is 30.5 Å². The fraction of sp³-hybridized carbons (Fsp3) is 0.750. The molecule has 1 rings (SSSR count). The van der Waals surface area contributed by atoms with Gasteiger partial charge in [0.05, 0.1) is 0 Å². The van der Waals surface area contributed by atoms with Crippen LogP contribution in [0.5, 0.6) is 0 Å². The number of rotatable bonds is 3. The zero-order valence-corrected chi connectivity index (χ0v) is 7.26. The molecular formula is C8H15NO2. The van der Waals surface area contributed by atoms with E-state index >= 15 is 0 Å². The van der Waals surface area contributed by atoms with E-state index in [-0.39, 0.29) is 11.8 Å². The second kappa shape index (κ2) is 3.13. The van der Waals surface area contributed by atoms with Gasteiger partial charge in [-0.05, 0) is 20.9 Å². The van der Waals surface area contributed by atoms with Crippen molar-refractivity contribution in [2.45, 2.75) is 32.1 Å². The molecule has 0 radical (unpaired) electrons. The first-order chi connectivity index (χ1) is 5.14. The molecule has 0 unspecified atom stereocenters. The van der Waals surface area contributed by atoms with Crippen LogP contribution >= 0.6 is 0 Å². The minimum atomic E-state index is -0.113. The number of ether oxygens (including phenoxy) is 2. The first-order valence-electron chi connectivity index (χ1n) is 3.79. The van der Waals surface area contributed by atoms with Crippen molar-refractivity contribution >= 4 is 0 Å². The first-order valence-corrected chi connectivity index (χ1v) is 3.79. The predicted octanol–water partition coefficient (Wildman–Crippen LogP) is 1.22. The van der Waals surface area contributed by atoms with Gasteiger partial charge < -0.3 is 14.8 Å². The van der Waals surface area contributed by atoms with Crippen LogP contribution in [0.15, 0.2) is 12.5 Å². The Hall–Kier alpha value is -0.700. The lowest BCUT2D eigenvalue weighted by atomic mass is 10.0. The van der Waals surface area contributed by atoms with Crippen molar-refractivity contribution < 1.29 is 9.47 Å². The maximum absolute atomic E-state index is 5.15. The van der Waals surface area contributed by atoms with E-state index in [4.69, 9.17) is 9.47 Å². The van der Waals surface area contributed by atoms with Crippen LogP contribution in [0.4, 0.5) is 0 Å². The fourth-order valence-corrected chi connectivity index (χ4v) is 0.886. The van der Waals surface area contributed by atoms with Crippen molar-refractivity contribution in [1.82, 2.24) is 5.32 Å². The minimum absolute atomic E-state index is 0.0662. The van der Waals surface area contributed by atoms with E-state index in [1.807, 2.05) is 7.05 Å². The summed E-state index contributed by atoms with van der Waals surface area (Å²) in [5.74, 6) is 0. The lowest BCUT2D eigenvalue weighted by Crippen LogP contribution is -2.39. The average molecular weight is 157 g/mol. The molecule has 0 saturated carbocycles. The number of nitrogens with one attached hydrogen (secondary N) is 1. The highest BCUT2D eigenvalue weighted by molar-refractivity contribution is 4.81. The first kappa shape index (κ1) is 8.40. The summed E-state index contributed by atoms with van der Waals surface area (Å²) in [7, 11) is 1.93. The third kappa shape index (κ3) is 2.42. The molecule has 1 N–H and O–H groups in total. The molecule has 0 aromatic rings. The van der Waals surface area contributed by atoms with Crippen molar-refractivity contribution in [2.75, 3.05) is 7.05 Å². The SMILES string of the molecule is CNC(C)(C)CC1OC=CO1. The van der Waals surface area contributed by atoms with Gasteiger partial charge in [-0.2, -0.15) is 0 Å². The Kier molecular flexibility index (Phi) is 2.39. The summed E-state index contributed by atoms with van der Waals surface area (Å²) in [6.45, 7) is 4.22. The largest absolute Gasteiger partial charge is 0.459 e. The zero-order valence-electron chi connectivity index (χ0n) is 7.26. The van der Waals surface area contributed by atoms with Gasteiger partial charge in [0.25, 0.3) is 0 Å². The Morgan fingerprint density at radius 3 is 2.36 bits per heavy atom. The van der Waals surface area contributed by atoms with Gasteiger partial charge in [-0.25, -0.2) is 0 Å². The molecular weight excluding hydrogens is 142 g/mol. The predicted molar refractivity (Wildman–Crippen MR) is 42.9 cm³/mol. The smallest absolute Gasteiger partial charge is 0.241 e. The minimum Gasteiger partial charge on any atom is -0.459 e. The Morgan fingerprint density at radius 2 is 1.91 bits per heavy atom. The molecule has 0 aromatic heterocycles. The Labute approximate surface area is 67.4 Å². The summed E-state index contributed by atoms with van der Waals surface area (Å²) >= 11 is 0. The molecule has 11 heavy (non-hydrogen) atoms. The van der Waals surface area contributed by atoms with Crippen LogP contribution in [0.1, 0.15) is 20.3 Å². The van der Waals surface area contributed by atoms with E-state index in [0.29, 0.717) is 0 Å². The molecule has 0 amide bonds. The van der Waals surface area contributed by atoms with E-state index < -0.39 is 0 Å². The summed E-state index contributed by atoms with van der Waals surface area (Å²) < 4.78 is 10.3. The molecule has 3 heteroatoms. The summed E-state index contributed by atoms with van der Waals surface area (Å²) in [5.41, 5.74) is 0.0662. The monoisotopic (exact) mass is 157 g/mol. The van der Waals surface area contributed by atoms with Crippen LogP contribution in [-0.2, 0) is 9.47 Å². The molecule has 0 bridgehead atoms. The van der Waals surface area contributed by atoms with E-state index in [9.17, 15) is 0 Å². The molecule has 1 aliphatic rings. The van der Waals surface area contributed by atoms with Crippen LogP contribution in [0.3, 0.4) is 0 Å². The maximum atomic E-state index is 5.15. The highest BCUT2D eigenvalue weighted by Crippen LogP contribution is 2.17. The molecule has 0 aromatic carbocycles. The summed E-state index contributed by atoms with van der Waals surface area (Å²) in [4.78, 5) is 0.